The van der Waals surface area contributed by atoms with Crippen molar-refractivity contribution in [2.45, 2.75) is 33.4 Å². The number of nitrogens with one attached hydrogen (secondary N) is 1. The average Bonchev–Trinajstić information content (AvgIpc) is 3.12. The first-order valence-corrected chi connectivity index (χ1v) is 8.35. The van der Waals surface area contributed by atoms with Gasteiger partial charge in [-0.2, -0.15) is 5.10 Å². The van der Waals surface area contributed by atoms with E-state index < -0.39 is 0 Å². The summed E-state index contributed by atoms with van der Waals surface area (Å²) in [6.07, 6.45) is 2.01. The lowest BCUT2D eigenvalue weighted by molar-refractivity contribution is 0.564. The van der Waals surface area contributed by atoms with Gasteiger partial charge in [-0.05, 0) is 50.6 Å². The Morgan fingerprint density at radius 1 is 1.18 bits per heavy atom. The van der Waals surface area contributed by atoms with Gasteiger partial charge in [0.2, 0.25) is 0 Å². The Morgan fingerprint density at radius 2 is 1.95 bits per heavy atom. The van der Waals surface area contributed by atoms with Gasteiger partial charge in [-0.1, -0.05) is 18.2 Å². The van der Waals surface area contributed by atoms with E-state index in [9.17, 15) is 0 Å². The van der Waals surface area contributed by atoms with Crippen molar-refractivity contribution in [1.29, 1.82) is 0 Å². The van der Waals surface area contributed by atoms with Crippen molar-refractivity contribution in [3.8, 4) is 5.69 Å². The highest BCUT2D eigenvalue weighted by Gasteiger charge is 2.11. The van der Waals surface area contributed by atoms with Crippen LogP contribution in [-0.4, -0.2) is 9.78 Å². The van der Waals surface area contributed by atoms with Crippen molar-refractivity contribution >= 4 is 11.3 Å². The molecule has 0 saturated heterocycles. The molecule has 0 spiro atoms. The lowest BCUT2D eigenvalue weighted by Gasteiger charge is -2.12. The highest BCUT2D eigenvalue weighted by Crippen LogP contribution is 2.26. The van der Waals surface area contributed by atoms with Gasteiger partial charge in [0.15, 0.2) is 0 Å². The van der Waals surface area contributed by atoms with Crippen LogP contribution in [0.1, 0.15) is 34.0 Å². The summed E-state index contributed by atoms with van der Waals surface area (Å²) in [5.74, 6) is 0. The zero-order valence-corrected chi connectivity index (χ0v) is 14.0. The Bertz CT molecular complexity index is 743. The summed E-state index contributed by atoms with van der Waals surface area (Å²) in [5, 5.41) is 8.20. The molecule has 3 rings (SSSR count). The lowest BCUT2D eigenvalue weighted by Crippen LogP contribution is -2.18. The van der Waals surface area contributed by atoms with Crippen LogP contribution in [0.25, 0.3) is 5.69 Å². The molecular formula is C18H21N3S. The highest BCUT2D eigenvalue weighted by molar-refractivity contribution is 7.12. The van der Waals surface area contributed by atoms with Crippen LogP contribution < -0.4 is 5.32 Å². The maximum atomic E-state index is 4.63. The molecule has 0 saturated carbocycles. The molecule has 0 aliphatic rings. The zero-order chi connectivity index (χ0) is 15.5. The molecule has 4 heteroatoms. The molecule has 1 unspecified atom stereocenters. The van der Waals surface area contributed by atoms with Gasteiger partial charge >= 0.3 is 0 Å². The van der Waals surface area contributed by atoms with E-state index in [1.807, 2.05) is 40.4 Å². The first-order valence-electron chi connectivity index (χ1n) is 7.54. The average molecular weight is 311 g/mol. The lowest BCUT2D eigenvalue weighted by atomic mass is 10.1. The van der Waals surface area contributed by atoms with Crippen molar-refractivity contribution in [3.63, 3.8) is 0 Å². The highest BCUT2D eigenvalue weighted by atomic mass is 32.1. The Hall–Kier alpha value is -1.91. The summed E-state index contributed by atoms with van der Waals surface area (Å²) in [6.45, 7) is 7.34. The zero-order valence-electron chi connectivity index (χ0n) is 13.2. The molecule has 0 bridgehead atoms. The number of hydrogen-bond acceptors (Lipinski definition) is 3. The van der Waals surface area contributed by atoms with Crippen molar-refractivity contribution in [2.75, 3.05) is 0 Å². The number of benzene rings is 1. The van der Waals surface area contributed by atoms with Crippen LogP contribution in [0.4, 0.5) is 0 Å². The van der Waals surface area contributed by atoms with Crippen molar-refractivity contribution in [1.82, 2.24) is 15.1 Å². The van der Waals surface area contributed by atoms with E-state index in [1.165, 1.54) is 15.3 Å². The molecule has 1 atom stereocenters. The van der Waals surface area contributed by atoms with E-state index in [1.54, 1.807) is 0 Å². The summed E-state index contributed by atoms with van der Waals surface area (Å²) < 4.78 is 1.92. The molecular weight excluding hydrogens is 290 g/mol. The van der Waals surface area contributed by atoms with E-state index in [0.29, 0.717) is 6.04 Å². The maximum absolute atomic E-state index is 4.63. The molecule has 114 valence electrons. The number of aryl methyl sites for hydroxylation is 2. The van der Waals surface area contributed by atoms with Gasteiger partial charge in [-0.15, -0.1) is 11.3 Å². The predicted octanol–water partition coefficient (Wildman–Crippen LogP) is 4.40. The molecule has 1 aromatic carbocycles. The minimum atomic E-state index is 0.340. The third-order valence-electron chi connectivity index (χ3n) is 3.80. The van der Waals surface area contributed by atoms with Gasteiger partial charge in [0.05, 0.1) is 11.4 Å². The third-order valence-corrected chi connectivity index (χ3v) is 4.78. The first kappa shape index (κ1) is 15.0. The van der Waals surface area contributed by atoms with E-state index in [4.69, 9.17) is 0 Å². The second-order valence-electron chi connectivity index (χ2n) is 5.56. The summed E-state index contributed by atoms with van der Waals surface area (Å²) >= 11 is 1.86. The van der Waals surface area contributed by atoms with Crippen molar-refractivity contribution < 1.29 is 0 Å². The molecule has 0 aliphatic carbocycles. The van der Waals surface area contributed by atoms with Gasteiger partial charge < -0.3 is 5.32 Å². The normalized spacial score (nSPS) is 12.5. The molecule has 2 aromatic heterocycles. The molecule has 22 heavy (non-hydrogen) atoms. The molecule has 1 N–H and O–H groups in total. The van der Waals surface area contributed by atoms with Crippen LogP contribution >= 0.6 is 11.3 Å². The molecule has 0 amide bonds. The topological polar surface area (TPSA) is 29.9 Å². The van der Waals surface area contributed by atoms with Gasteiger partial charge in [0, 0.05) is 28.5 Å². The summed E-state index contributed by atoms with van der Waals surface area (Å²) in [6, 6.07) is 14.9. The Kier molecular flexibility index (Phi) is 4.41. The number of nitrogens with zero attached hydrogens (tertiary/aromatic N) is 2. The van der Waals surface area contributed by atoms with Crippen LogP contribution in [0.3, 0.4) is 0 Å². The first-order chi connectivity index (χ1) is 10.6. The van der Waals surface area contributed by atoms with E-state index >= 15 is 0 Å². The van der Waals surface area contributed by atoms with Crippen molar-refractivity contribution in [2.24, 2.45) is 0 Å². The Balaban J connectivity index is 1.65. The standard InChI is InChI=1S/C18H21N3S/c1-13-11-18(15(3)22-13)14(2)19-12-16-9-10-21(20-16)17-7-5-4-6-8-17/h4-11,14,19H,12H2,1-3H3. The van der Waals surface area contributed by atoms with Gasteiger partial charge in [-0.3, -0.25) is 0 Å². The quantitative estimate of drug-likeness (QED) is 0.757. The van der Waals surface area contributed by atoms with Crippen LogP contribution in [0.5, 0.6) is 0 Å². The third kappa shape index (κ3) is 3.29. The minimum absolute atomic E-state index is 0.340. The number of aromatic nitrogens is 2. The smallest absolute Gasteiger partial charge is 0.0767 e. The largest absolute Gasteiger partial charge is 0.304 e. The van der Waals surface area contributed by atoms with Gasteiger partial charge in [0.1, 0.15) is 0 Å². The van der Waals surface area contributed by atoms with E-state index in [0.717, 1.165) is 17.9 Å². The summed E-state index contributed by atoms with van der Waals surface area (Å²) in [4.78, 5) is 2.77. The van der Waals surface area contributed by atoms with Crippen molar-refractivity contribution in [3.05, 3.63) is 69.7 Å². The minimum Gasteiger partial charge on any atom is -0.304 e. The van der Waals surface area contributed by atoms with Crippen LogP contribution in [0, 0.1) is 13.8 Å². The fraction of sp³-hybridized carbons (Fsp3) is 0.278. The Labute approximate surface area is 135 Å². The second kappa shape index (κ2) is 6.46. The van der Waals surface area contributed by atoms with Crippen LogP contribution in [0.15, 0.2) is 48.7 Å². The molecule has 3 nitrogen and oxygen atoms in total. The number of hydrogen-bond donors (Lipinski definition) is 1. The van der Waals surface area contributed by atoms with Gasteiger partial charge in [-0.25, -0.2) is 4.68 Å². The SMILES string of the molecule is Cc1cc(C(C)NCc2ccn(-c3ccccc3)n2)c(C)s1. The molecule has 0 fully saturated rings. The predicted molar refractivity (Wildman–Crippen MR) is 92.6 cm³/mol. The fourth-order valence-electron chi connectivity index (χ4n) is 2.63. The Morgan fingerprint density at radius 3 is 2.64 bits per heavy atom. The fourth-order valence-corrected chi connectivity index (χ4v) is 3.65. The molecule has 2 heterocycles. The van der Waals surface area contributed by atoms with Crippen LogP contribution in [-0.2, 0) is 6.54 Å². The monoisotopic (exact) mass is 311 g/mol. The molecule has 0 aliphatic heterocycles. The second-order valence-corrected chi connectivity index (χ2v) is 7.02. The number of thiophene rings is 1. The van der Waals surface area contributed by atoms with Gasteiger partial charge in [0.25, 0.3) is 0 Å². The number of rotatable bonds is 5. The number of para-hydroxylation sites is 1. The van der Waals surface area contributed by atoms with E-state index in [-0.39, 0.29) is 0 Å². The summed E-state index contributed by atoms with van der Waals surface area (Å²) in [7, 11) is 0. The maximum Gasteiger partial charge on any atom is 0.0767 e. The molecule has 3 aromatic rings. The van der Waals surface area contributed by atoms with E-state index in [2.05, 4.69) is 55.5 Å². The summed E-state index contributed by atoms with van der Waals surface area (Å²) in [5.41, 5.74) is 3.54. The van der Waals surface area contributed by atoms with Crippen LogP contribution in [0.2, 0.25) is 0 Å². The molecule has 0 radical (unpaired) electrons.